The Morgan fingerprint density at radius 2 is 1.65 bits per heavy atom. The summed E-state index contributed by atoms with van der Waals surface area (Å²) in [6.45, 7) is 2.37. The third-order valence-electron chi connectivity index (χ3n) is 3.06. The number of anilines is 1. The molecule has 0 saturated carbocycles. The topological polar surface area (TPSA) is 71.5 Å². The van der Waals surface area contributed by atoms with E-state index in [2.05, 4.69) is 5.10 Å². The lowest BCUT2D eigenvalue weighted by atomic mass is 10.1. The van der Waals surface area contributed by atoms with Gasteiger partial charge in [-0.2, -0.15) is 5.10 Å². The van der Waals surface area contributed by atoms with Crippen LogP contribution in [0.5, 0.6) is 17.2 Å². The van der Waals surface area contributed by atoms with Crippen molar-refractivity contribution in [2.45, 2.75) is 13.5 Å². The molecule has 0 aliphatic carbocycles. The fourth-order valence-electron chi connectivity index (χ4n) is 2.08. The van der Waals surface area contributed by atoms with Gasteiger partial charge in [0.2, 0.25) is 0 Å². The van der Waals surface area contributed by atoms with Crippen molar-refractivity contribution in [2.24, 2.45) is 0 Å². The van der Waals surface area contributed by atoms with Gasteiger partial charge in [-0.1, -0.05) is 0 Å². The summed E-state index contributed by atoms with van der Waals surface area (Å²) in [6.07, 6.45) is 0. The summed E-state index contributed by atoms with van der Waals surface area (Å²) in [5.41, 5.74) is 7.66. The molecule has 1 aromatic heterocycles. The second kappa shape index (κ2) is 5.73. The highest BCUT2D eigenvalue weighted by Crippen LogP contribution is 2.34. The molecule has 0 aliphatic heterocycles. The number of aromatic nitrogens is 2. The highest BCUT2D eigenvalue weighted by atomic mass is 16.5. The van der Waals surface area contributed by atoms with Crippen LogP contribution in [-0.4, -0.2) is 31.1 Å². The zero-order valence-electron chi connectivity index (χ0n) is 12.1. The minimum Gasteiger partial charge on any atom is -0.496 e. The fourth-order valence-corrected chi connectivity index (χ4v) is 2.08. The quantitative estimate of drug-likeness (QED) is 0.903. The largest absolute Gasteiger partial charge is 0.496 e. The van der Waals surface area contributed by atoms with Crippen LogP contribution in [-0.2, 0) is 6.54 Å². The number of nitrogen functional groups attached to an aromatic ring is 1. The zero-order valence-corrected chi connectivity index (χ0v) is 12.1. The first-order valence-corrected chi connectivity index (χ1v) is 6.17. The summed E-state index contributed by atoms with van der Waals surface area (Å²) in [4.78, 5) is 0. The molecule has 0 spiro atoms. The molecule has 6 nitrogen and oxygen atoms in total. The summed E-state index contributed by atoms with van der Waals surface area (Å²) < 4.78 is 17.8. The average molecular weight is 277 g/mol. The van der Waals surface area contributed by atoms with Crippen molar-refractivity contribution in [3.63, 3.8) is 0 Å². The van der Waals surface area contributed by atoms with E-state index < -0.39 is 0 Å². The van der Waals surface area contributed by atoms with Gasteiger partial charge in [0, 0.05) is 18.2 Å². The Morgan fingerprint density at radius 1 is 1.05 bits per heavy atom. The van der Waals surface area contributed by atoms with E-state index >= 15 is 0 Å². The van der Waals surface area contributed by atoms with Gasteiger partial charge in [0.1, 0.15) is 23.1 Å². The molecule has 0 unspecified atom stereocenters. The van der Waals surface area contributed by atoms with Crippen molar-refractivity contribution in [1.29, 1.82) is 0 Å². The zero-order chi connectivity index (χ0) is 14.7. The van der Waals surface area contributed by atoms with Gasteiger partial charge >= 0.3 is 0 Å². The van der Waals surface area contributed by atoms with Crippen LogP contribution in [0.3, 0.4) is 0 Å². The van der Waals surface area contributed by atoms with Crippen molar-refractivity contribution in [3.05, 3.63) is 29.5 Å². The molecule has 6 heteroatoms. The maximum atomic E-state index is 5.92. The number of nitrogens with zero attached hydrogens (tertiary/aromatic N) is 2. The summed E-state index contributed by atoms with van der Waals surface area (Å²) in [7, 11) is 4.81. The average Bonchev–Trinajstić information content (AvgIpc) is 2.76. The SMILES string of the molecule is COc1cc(OC)c(Cn2nc(C)cc2N)c(OC)c1. The molecule has 0 amide bonds. The molecule has 2 rings (SSSR count). The number of rotatable bonds is 5. The Labute approximate surface area is 118 Å². The van der Waals surface area contributed by atoms with Gasteiger partial charge in [-0.15, -0.1) is 0 Å². The molecule has 2 aromatic rings. The summed E-state index contributed by atoms with van der Waals surface area (Å²) in [5.74, 6) is 2.62. The molecule has 1 aromatic carbocycles. The molecule has 1 heterocycles. The number of nitrogens with two attached hydrogens (primary N) is 1. The maximum absolute atomic E-state index is 5.92. The van der Waals surface area contributed by atoms with Crippen LogP contribution in [0, 0.1) is 6.92 Å². The molecule has 0 aliphatic rings. The Morgan fingerprint density at radius 3 is 2.05 bits per heavy atom. The van der Waals surface area contributed by atoms with Gasteiger partial charge in [-0.05, 0) is 6.92 Å². The number of ether oxygens (including phenoxy) is 3. The molecule has 2 N–H and O–H groups in total. The van der Waals surface area contributed by atoms with Crippen LogP contribution >= 0.6 is 0 Å². The van der Waals surface area contributed by atoms with Gasteiger partial charge in [0.25, 0.3) is 0 Å². The summed E-state index contributed by atoms with van der Waals surface area (Å²) >= 11 is 0. The molecule has 0 atom stereocenters. The molecule has 0 radical (unpaired) electrons. The lowest BCUT2D eigenvalue weighted by Gasteiger charge is -2.15. The number of methoxy groups -OCH3 is 3. The van der Waals surface area contributed by atoms with Crippen LogP contribution in [0.15, 0.2) is 18.2 Å². The van der Waals surface area contributed by atoms with Crippen LogP contribution in [0.4, 0.5) is 5.82 Å². The first-order valence-electron chi connectivity index (χ1n) is 6.17. The molecule has 108 valence electrons. The predicted molar refractivity (Wildman–Crippen MR) is 76.6 cm³/mol. The summed E-state index contributed by atoms with van der Waals surface area (Å²) in [6, 6.07) is 5.44. The second-order valence-corrected chi connectivity index (χ2v) is 4.38. The molecular formula is C14H19N3O3. The predicted octanol–water partition coefficient (Wildman–Crippen LogP) is 1.85. The number of benzene rings is 1. The lowest BCUT2D eigenvalue weighted by molar-refractivity contribution is 0.366. The van der Waals surface area contributed by atoms with Crippen LogP contribution in [0.2, 0.25) is 0 Å². The van der Waals surface area contributed by atoms with E-state index in [1.807, 2.05) is 25.1 Å². The van der Waals surface area contributed by atoms with E-state index in [9.17, 15) is 0 Å². The van der Waals surface area contributed by atoms with Crippen molar-refractivity contribution < 1.29 is 14.2 Å². The number of aryl methyl sites for hydroxylation is 1. The van der Waals surface area contributed by atoms with Crippen LogP contribution in [0.25, 0.3) is 0 Å². The first-order chi connectivity index (χ1) is 9.58. The van der Waals surface area contributed by atoms with Gasteiger partial charge in [-0.25, -0.2) is 4.68 Å². The highest BCUT2D eigenvalue weighted by molar-refractivity contribution is 5.51. The van der Waals surface area contributed by atoms with E-state index in [0.29, 0.717) is 29.6 Å². The van der Waals surface area contributed by atoms with Crippen molar-refractivity contribution in [2.75, 3.05) is 27.1 Å². The third-order valence-corrected chi connectivity index (χ3v) is 3.06. The van der Waals surface area contributed by atoms with Gasteiger partial charge in [-0.3, -0.25) is 0 Å². The highest BCUT2D eigenvalue weighted by Gasteiger charge is 2.15. The van der Waals surface area contributed by atoms with E-state index in [1.165, 1.54) is 0 Å². The van der Waals surface area contributed by atoms with E-state index in [1.54, 1.807) is 26.0 Å². The minimum absolute atomic E-state index is 0.468. The van der Waals surface area contributed by atoms with Crippen LogP contribution in [0.1, 0.15) is 11.3 Å². The molecule has 0 bridgehead atoms. The summed E-state index contributed by atoms with van der Waals surface area (Å²) in [5, 5.41) is 4.35. The normalized spacial score (nSPS) is 10.4. The fraction of sp³-hybridized carbons (Fsp3) is 0.357. The van der Waals surface area contributed by atoms with E-state index in [-0.39, 0.29) is 0 Å². The Balaban J connectivity index is 2.46. The van der Waals surface area contributed by atoms with E-state index in [4.69, 9.17) is 19.9 Å². The molecular weight excluding hydrogens is 258 g/mol. The molecule has 0 saturated heterocycles. The maximum Gasteiger partial charge on any atom is 0.131 e. The lowest BCUT2D eigenvalue weighted by Crippen LogP contribution is -2.08. The third kappa shape index (κ3) is 2.64. The minimum atomic E-state index is 0.468. The van der Waals surface area contributed by atoms with Crippen LogP contribution < -0.4 is 19.9 Å². The van der Waals surface area contributed by atoms with Crippen molar-refractivity contribution in [1.82, 2.24) is 9.78 Å². The Kier molecular flexibility index (Phi) is 4.02. The monoisotopic (exact) mass is 277 g/mol. The van der Waals surface area contributed by atoms with Gasteiger partial charge in [0.05, 0.1) is 39.1 Å². The number of hydrogen-bond donors (Lipinski definition) is 1. The van der Waals surface area contributed by atoms with Gasteiger partial charge in [0.15, 0.2) is 0 Å². The first kappa shape index (κ1) is 14.0. The van der Waals surface area contributed by atoms with Gasteiger partial charge < -0.3 is 19.9 Å². The number of hydrogen-bond acceptors (Lipinski definition) is 5. The van der Waals surface area contributed by atoms with E-state index in [0.717, 1.165) is 11.3 Å². The standard InChI is InChI=1S/C14H19N3O3/c1-9-5-14(15)17(16-9)8-11-12(19-3)6-10(18-2)7-13(11)20-4/h5-7H,8,15H2,1-4H3. The Bertz CT molecular complexity index is 583. The molecule has 0 fully saturated rings. The second-order valence-electron chi connectivity index (χ2n) is 4.38. The molecule has 20 heavy (non-hydrogen) atoms. The van der Waals surface area contributed by atoms with Crippen molar-refractivity contribution in [3.8, 4) is 17.2 Å². The van der Waals surface area contributed by atoms with Crippen molar-refractivity contribution >= 4 is 5.82 Å². The smallest absolute Gasteiger partial charge is 0.131 e. The Hall–Kier alpha value is -2.37.